The molecule has 2 unspecified atom stereocenters. The Kier molecular flexibility index (Phi) is 1.25. The monoisotopic (exact) mass is 170 g/mol. The Balaban J connectivity index is 1.88. The van der Waals surface area contributed by atoms with Crippen LogP contribution in [0.3, 0.4) is 0 Å². The molecule has 0 saturated carbocycles. The Morgan fingerprint density at radius 2 is 2.42 bits per heavy atom. The number of fused-ring (bicyclic) bond motifs is 2. The standard InChI is InChI=1S/C4H10N8/c1-5-2-3(6-1)9-12-4(7-2)8-10-11-12/h2-3,5-6,9-11H,1H2,(H,7,8). The maximum Gasteiger partial charge on any atom is 0.242 e. The lowest BCUT2D eigenvalue weighted by atomic mass is 10.4. The molecule has 0 bridgehead atoms. The molecule has 66 valence electrons. The summed E-state index contributed by atoms with van der Waals surface area (Å²) in [6, 6.07) is 0. The molecule has 0 aliphatic carbocycles. The fraction of sp³-hybridized carbons (Fsp3) is 0.750. The van der Waals surface area contributed by atoms with Crippen molar-refractivity contribution in [3.63, 3.8) is 0 Å². The van der Waals surface area contributed by atoms with E-state index in [0.717, 1.165) is 12.6 Å². The van der Waals surface area contributed by atoms with Crippen LogP contribution in [-0.2, 0) is 0 Å². The number of hydrazine groups is 4. The molecule has 3 rings (SSSR count). The second-order valence-electron chi connectivity index (χ2n) is 2.79. The van der Waals surface area contributed by atoms with Crippen molar-refractivity contribution in [2.24, 2.45) is 4.99 Å². The van der Waals surface area contributed by atoms with Gasteiger partial charge in [-0.3, -0.25) is 16.1 Å². The normalized spacial score (nSPS) is 38.7. The fourth-order valence-electron chi connectivity index (χ4n) is 1.44. The predicted octanol–water partition coefficient (Wildman–Crippen LogP) is -3.51. The zero-order valence-corrected chi connectivity index (χ0v) is 6.26. The maximum atomic E-state index is 4.38. The highest BCUT2D eigenvalue weighted by Gasteiger charge is 2.35. The van der Waals surface area contributed by atoms with Gasteiger partial charge in [-0.1, -0.05) is 0 Å². The van der Waals surface area contributed by atoms with Gasteiger partial charge in [0.25, 0.3) is 0 Å². The van der Waals surface area contributed by atoms with Gasteiger partial charge in [0.2, 0.25) is 5.96 Å². The van der Waals surface area contributed by atoms with Crippen molar-refractivity contribution in [1.82, 2.24) is 37.7 Å². The van der Waals surface area contributed by atoms with Gasteiger partial charge in [0.1, 0.15) is 12.3 Å². The van der Waals surface area contributed by atoms with Crippen LogP contribution in [0.4, 0.5) is 0 Å². The van der Waals surface area contributed by atoms with E-state index in [0.29, 0.717) is 0 Å². The molecule has 2 fully saturated rings. The lowest BCUT2D eigenvalue weighted by molar-refractivity contribution is 0.157. The Morgan fingerprint density at radius 1 is 1.42 bits per heavy atom. The van der Waals surface area contributed by atoms with E-state index in [2.05, 4.69) is 37.5 Å². The first kappa shape index (κ1) is 6.57. The summed E-state index contributed by atoms with van der Waals surface area (Å²) < 4.78 is 0. The maximum absolute atomic E-state index is 4.38. The minimum Gasteiger partial charge on any atom is -0.285 e. The third-order valence-electron chi connectivity index (χ3n) is 2.03. The van der Waals surface area contributed by atoms with Crippen LogP contribution in [0.25, 0.3) is 0 Å². The van der Waals surface area contributed by atoms with E-state index < -0.39 is 0 Å². The number of aliphatic imine (C=N–C) groups is 1. The summed E-state index contributed by atoms with van der Waals surface area (Å²) in [4.78, 5) is 4.38. The molecule has 0 spiro atoms. The summed E-state index contributed by atoms with van der Waals surface area (Å²) in [7, 11) is 0. The summed E-state index contributed by atoms with van der Waals surface area (Å²) in [5.74, 6) is 0.743. The largest absolute Gasteiger partial charge is 0.285 e. The molecule has 8 heteroatoms. The highest BCUT2D eigenvalue weighted by Crippen LogP contribution is 2.05. The molecule has 3 aliphatic heterocycles. The topological polar surface area (TPSA) is 87.8 Å². The number of nitrogens with zero attached hydrogens (tertiary/aromatic N) is 2. The first-order valence-electron chi connectivity index (χ1n) is 3.81. The predicted molar refractivity (Wildman–Crippen MR) is 40.5 cm³/mol. The van der Waals surface area contributed by atoms with Crippen LogP contribution in [0.15, 0.2) is 4.99 Å². The van der Waals surface area contributed by atoms with E-state index in [1.165, 1.54) is 0 Å². The SMILES string of the molecule is C1NC2N=C3NNNN3NC2N1. The van der Waals surface area contributed by atoms with E-state index >= 15 is 0 Å². The molecule has 2 saturated heterocycles. The minimum atomic E-state index is 0.102. The fourth-order valence-corrected chi connectivity index (χ4v) is 1.44. The molecule has 0 aromatic carbocycles. The average molecular weight is 170 g/mol. The van der Waals surface area contributed by atoms with Crippen LogP contribution in [-0.4, -0.2) is 30.1 Å². The minimum absolute atomic E-state index is 0.102. The Morgan fingerprint density at radius 3 is 3.42 bits per heavy atom. The van der Waals surface area contributed by atoms with Crippen molar-refractivity contribution in [3.05, 3.63) is 0 Å². The summed E-state index contributed by atoms with van der Waals surface area (Å²) in [6.45, 7) is 0.778. The van der Waals surface area contributed by atoms with Crippen LogP contribution in [0, 0.1) is 0 Å². The van der Waals surface area contributed by atoms with E-state index in [9.17, 15) is 0 Å². The molecule has 2 atom stereocenters. The van der Waals surface area contributed by atoms with Gasteiger partial charge < -0.3 is 0 Å². The van der Waals surface area contributed by atoms with Crippen molar-refractivity contribution in [2.75, 3.05) is 6.67 Å². The first-order valence-corrected chi connectivity index (χ1v) is 3.81. The molecule has 0 amide bonds. The van der Waals surface area contributed by atoms with Gasteiger partial charge in [-0.05, 0) is 0 Å². The van der Waals surface area contributed by atoms with Crippen LogP contribution < -0.4 is 32.6 Å². The summed E-state index contributed by atoms with van der Waals surface area (Å²) in [5, 5.41) is 8.09. The molecular formula is C4H10N8. The van der Waals surface area contributed by atoms with Gasteiger partial charge in [0.05, 0.1) is 0 Å². The number of hydrogen-bond acceptors (Lipinski definition) is 8. The van der Waals surface area contributed by atoms with E-state index in [-0.39, 0.29) is 12.3 Å². The van der Waals surface area contributed by atoms with Crippen LogP contribution in [0.5, 0.6) is 0 Å². The number of nitrogens with one attached hydrogen (secondary N) is 6. The molecule has 3 heterocycles. The molecule has 6 N–H and O–H groups in total. The molecule has 0 aromatic heterocycles. The lowest BCUT2D eigenvalue weighted by Gasteiger charge is -2.28. The van der Waals surface area contributed by atoms with Gasteiger partial charge in [-0.15, -0.1) is 11.1 Å². The zero-order valence-electron chi connectivity index (χ0n) is 6.26. The summed E-state index contributed by atoms with van der Waals surface area (Å²) >= 11 is 0. The van der Waals surface area contributed by atoms with Crippen LogP contribution in [0.2, 0.25) is 0 Å². The molecule has 0 aromatic rings. The Bertz CT molecular complexity index is 225. The molecule has 12 heavy (non-hydrogen) atoms. The van der Waals surface area contributed by atoms with Crippen molar-refractivity contribution in [1.29, 1.82) is 0 Å². The van der Waals surface area contributed by atoms with E-state index in [4.69, 9.17) is 0 Å². The van der Waals surface area contributed by atoms with E-state index in [1.54, 1.807) is 5.12 Å². The molecular weight excluding hydrogens is 160 g/mol. The third kappa shape index (κ3) is 0.806. The third-order valence-corrected chi connectivity index (χ3v) is 2.03. The molecule has 8 nitrogen and oxygen atoms in total. The van der Waals surface area contributed by atoms with Gasteiger partial charge in [0, 0.05) is 6.67 Å². The molecule has 3 aliphatic rings. The van der Waals surface area contributed by atoms with Gasteiger partial charge >= 0.3 is 0 Å². The summed E-state index contributed by atoms with van der Waals surface area (Å²) in [5.41, 5.74) is 11.6. The second-order valence-corrected chi connectivity index (χ2v) is 2.79. The quantitative estimate of drug-likeness (QED) is 0.225. The zero-order chi connectivity index (χ0) is 7.97. The van der Waals surface area contributed by atoms with Crippen LogP contribution >= 0.6 is 0 Å². The van der Waals surface area contributed by atoms with Crippen molar-refractivity contribution < 1.29 is 0 Å². The molecule has 0 radical (unpaired) electrons. The summed E-state index contributed by atoms with van der Waals surface area (Å²) in [6.07, 6.45) is 0.258. The highest BCUT2D eigenvalue weighted by molar-refractivity contribution is 5.80. The smallest absolute Gasteiger partial charge is 0.242 e. The van der Waals surface area contributed by atoms with E-state index in [1.807, 2.05) is 0 Å². The van der Waals surface area contributed by atoms with Crippen molar-refractivity contribution in [3.8, 4) is 0 Å². The Labute approximate surface area is 68.7 Å². The van der Waals surface area contributed by atoms with Gasteiger partial charge in [-0.2, -0.15) is 10.5 Å². The second kappa shape index (κ2) is 2.28. The number of guanidine groups is 1. The van der Waals surface area contributed by atoms with Crippen molar-refractivity contribution in [2.45, 2.75) is 12.3 Å². The lowest BCUT2D eigenvalue weighted by Crippen LogP contribution is -2.61. The number of hydrogen-bond donors (Lipinski definition) is 6. The van der Waals surface area contributed by atoms with Gasteiger partial charge in [0.15, 0.2) is 0 Å². The van der Waals surface area contributed by atoms with Crippen molar-refractivity contribution >= 4 is 5.96 Å². The Hall–Kier alpha value is -0.930. The highest BCUT2D eigenvalue weighted by atomic mass is 16.0. The van der Waals surface area contributed by atoms with Crippen LogP contribution in [0.1, 0.15) is 0 Å². The number of rotatable bonds is 0. The van der Waals surface area contributed by atoms with Gasteiger partial charge in [-0.25, -0.2) is 4.99 Å². The average Bonchev–Trinajstić information content (AvgIpc) is 2.64. The first-order chi connectivity index (χ1) is 5.93.